The SMILES string of the molecule is CCCCC(C(=O)NO)C(=O)N1CCC(N(C)CCC)CC1. The highest BCUT2D eigenvalue weighted by atomic mass is 16.5. The highest BCUT2D eigenvalue weighted by molar-refractivity contribution is 5.99. The van der Waals surface area contributed by atoms with Crippen LogP contribution in [-0.4, -0.2) is 59.5 Å². The summed E-state index contributed by atoms with van der Waals surface area (Å²) >= 11 is 0. The number of hydrogen-bond donors (Lipinski definition) is 2. The summed E-state index contributed by atoms with van der Waals surface area (Å²) in [5.74, 6) is -1.48. The minimum Gasteiger partial charge on any atom is -0.342 e. The summed E-state index contributed by atoms with van der Waals surface area (Å²) < 4.78 is 0. The van der Waals surface area contributed by atoms with Crippen LogP contribution in [-0.2, 0) is 9.59 Å². The highest BCUT2D eigenvalue weighted by Crippen LogP contribution is 2.20. The molecule has 0 saturated carbocycles. The maximum atomic E-state index is 12.5. The predicted octanol–water partition coefficient (Wildman–Crippen LogP) is 1.63. The standard InChI is InChI=1S/C16H31N3O3/c1-4-6-7-14(15(20)17-22)16(21)19-11-8-13(9-12-19)18(3)10-5-2/h13-14,22H,4-12H2,1-3H3,(H,17,20). The largest absolute Gasteiger partial charge is 0.342 e. The Bertz CT molecular complexity index is 355. The Hall–Kier alpha value is -1.14. The first-order valence-electron chi connectivity index (χ1n) is 8.48. The monoisotopic (exact) mass is 313 g/mol. The van der Waals surface area contributed by atoms with Gasteiger partial charge in [0.05, 0.1) is 0 Å². The Morgan fingerprint density at radius 3 is 2.41 bits per heavy atom. The highest BCUT2D eigenvalue weighted by Gasteiger charge is 2.32. The molecule has 6 nitrogen and oxygen atoms in total. The number of piperidine rings is 1. The van der Waals surface area contributed by atoms with Crippen molar-refractivity contribution in [2.24, 2.45) is 5.92 Å². The number of likely N-dealkylation sites (tertiary alicyclic amines) is 1. The van der Waals surface area contributed by atoms with Gasteiger partial charge in [0.25, 0.3) is 5.91 Å². The van der Waals surface area contributed by atoms with Crippen molar-refractivity contribution < 1.29 is 14.8 Å². The van der Waals surface area contributed by atoms with E-state index in [1.807, 2.05) is 6.92 Å². The lowest BCUT2D eigenvalue weighted by Crippen LogP contribution is -2.49. The number of unbranched alkanes of at least 4 members (excludes halogenated alkanes) is 1. The van der Waals surface area contributed by atoms with Crippen molar-refractivity contribution in [1.82, 2.24) is 15.3 Å². The Kier molecular flexibility index (Phi) is 8.42. The number of nitrogens with zero attached hydrogens (tertiary/aromatic N) is 2. The van der Waals surface area contributed by atoms with Crippen LogP contribution >= 0.6 is 0 Å². The first-order valence-corrected chi connectivity index (χ1v) is 8.48. The molecule has 1 rings (SSSR count). The number of rotatable bonds is 8. The van der Waals surface area contributed by atoms with Crippen LogP contribution in [0.1, 0.15) is 52.4 Å². The summed E-state index contributed by atoms with van der Waals surface area (Å²) in [6.45, 7) is 6.65. The zero-order valence-electron chi connectivity index (χ0n) is 14.2. The molecule has 2 N–H and O–H groups in total. The summed E-state index contributed by atoms with van der Waals surface area (Å²) in [7, 11) is 2.13. The zero-order chi connectivity index (χ0) is 16.5. The van der Waals surface area contributed by atoms with Crippen molar-refractivity contribution in [2.75, 3.05) is 26.7 Å². The smallest absolute Gasteiger partial charge is 0.255 e. The summed E-state index contributed by atoms with van der Waals surface area (Å²) in [5.41, 5.74) is 1.64. The van der Waals surface area contributed by atoms with Gasteiger partial charge in [0.2, 0.25) is 5.91 Å². The van der Waals surface area contributed by atoms with E-state index in [0.717, 1.165) is 38.6 Å². The van der Waals surface area contributed by atoms with E-state index in [1.54, 1.807) is 10.4 Å². The van der Waals surface area contributed by atoms with E-state index in [9.17, 15) is 9.59 Å². The molecule has 1 fully saturated rings. The Morgan fingerprint density at radius 2 is 1.91 bits per heavy atom. The van der Waals surface area contributed by atoms with Crippen LogP contribution in [0.2, 0.25) is 0 Å². The second kappa shape index (κ2) is 9.79. The van der Waals surface area contributed by atoms with E-state index >= 15 is 0 Å². The molecule has 0 aromatic heterocycles. The van der Waals surface area contributed by atoms with Gasteiger partial charge in [0.1, 0.15) is 5.92 Å². The second-order valence-corrected chi connectivity index (χ2v) is 6.21. The van der Waals surface area contributed by atoms with Gasteiger partial charge >= 0.3 is 0 Å². The molecule has 0 aliphatic carbocycles. The molecule has 0 bridgehead atoms. The molecule has 0 aromatic rings. The molecule has 128 valence electrons. The molecule has 1 unspecified atom stereocenters. The fourth-order valence-electron chi connectivity index (χ4n) is 3.14. The quantitative estimate of drug-likeness (QED) is 0.406. The summed E-state index contributed by atoms with van der Waals surface area (Å²) in [5, 5.41) is 8.85. The van der Waals surface area contributed by atoms with Gasteiger partial charge in [-0.2, -0.15) is 0 Å². The minimum atomic E-state index is -0.755. The molecular formula is C16H31N3O3. The van der Waals surface area contributed by atoms with Gasteiger partial charge in [-0.25, -0.2) is 5.48 Å². The van der Waals surface area contributed by atoms with Gasteiger partial charge in [-0.15, -0.1) is 0 Å². The second-order valence-electron chi connectivity index (χ2n) is 6.21. The average molecular weight is 313 g/mol. The van der Waals surface area contributed by atoms with Crippen molar-refractivity contribution >= 4 is 11.8 Å². The van der Waals surface area contributed by atoms with Crippen molar-refractivity contribution in [3.8, 4) is 0 Å². The van der Waals surface area contributed by atoms with Crippen LogP contribution in [0, 0.1) is 5.92 Å². The summed E-state index contributed by atoms with van der Waals surface area (Å²) in [6, 6.07) is 0.518. The number of nitrogens with one attached hydrogen (secondary N) is 1. The Balaban J connectivity index is 2.56. The van der Waals surface area contributed by atoms with E-state index in [2.05, 4.69) is 18.9 Å². The molecule has 1 saturated heterocycles. The predicted molar refractivity (Wildman–Crippen MR) is 85.5 cm³/mol. The average Bonchev–Trinajstić information content (AvgIpc) is 2.55. The number of hydrogen-bond acceptors (Lipinski definition) is 4. The van der Waals surface area contributed by atoms with Gasteiger partial charge in [0, 0.05) is 19.1 Å². The molecule has 22 heavy (non-hydrogen) atoms. The third kappa shape index (κ3) is 5.25. The van der Waals surface area contributed by atoms with Crippen LogP contribution < -0.4 is 5.48 Å². The number of hydroxylamine groups is 1. The van der Waals surface area contributed by atoms with Crippen LogP contribution in [0.3, 0.4) is 0 Å². The summed E-state index contributed by atoms with van der Waals surface area (Å²) in [4.78, 5) is 28.4. The molecule has 1 aliphatic rings. The lowest BCUT2D eigenvalue weighted by Gasteiger charge is -2.37. The fraction of sp³-hybridized carbons (Fsp3) is 0.875. The third-order valence-corrected chi connectivity index (χ3v) is 4.55. The van der Waals surface area contributed by atoms with Gasteiger partial charge in [-0.05, 0) is 39.3 Å². The van der Waals surface area contributed by atoms with E-state index in [4.69, 9.17) is 5.21 Å². The van der Waals surface area contributed by atoms with Crippen molar-refractivity contribution in [1.29, 1.82) is 0 Å². The molecule has 1 heterocycles. The molecule has 0 spiro atoms. The Morgan fingerprint density at radius 1 is 1.27 bits per heavy atom. The number of carbonyl (C=O) groups is 2. The van der Waals surface area contributed by atoms with Crippen LogP contribution in [0.15, 0.2) is 0 Å². The van der Waals surface area contributed by atoms with Crippen LogP contribution in [0.5, 0.6) is 0 Å². The molecule has 1 aliphatic heterocycles. The minimum absolute atomic E-state index is 0.142. The topological polar surface area (TPSA) is 72.9 Å². The van der Waals surface area contributed by atoms with Gasteiger partial charge in [-0.3, -0.25) is 14.8 Å². The van der Waals surface area contributed by atoms with E-state index in [0.29, 0.717) is 25.6 Å². The van der Waals surface area contributed by atoms with Crippen LogP contribution in [0.4, 0.5) is 0 Å². The third-order valence-electron chi connectivity index (χ3n) is 4.55. The lowest BCUT2D eigenvalue weighted by molar-refractivity contribution is -0.147. The maximum Gasteiger partial charge on any atom is 0.255 e. The maximum absolute atomic E-state index is 12.5. The van der Waals surface area contributed by atoms with Gasteiger partial charge in [0.15, 0.2) is 0 Å². The van der Waals surface area contributed by atoms with Crippen LogP contribution in [0.25, 0.3) is 0 Å². The van der Waals surface area contributed by atoms with Crippen molar-refractivity contribution in [2.45, 2.75) is 58.4 Å². The first kappa shape index (κ1) is 18.9. The van der Waals surface area contributed by atoms with E-state index < -0.39 is 11.8 Å². The van der Waals surface area contributed by atoms with Crippen molar-refractivity contribution in [3.05, 3.63) is 0 Å². The lowest BCUT2D eigenvalue weighted by atomic mass is 9.97. The molecule has 1 atom stereocenters. The number of carbonyl (C=O) groups excluding carboxylic acids is 2. The first-order chi connectivity index (χ1) is 10.5. The molecule has 0 aromatic carbocycles. The molecule has 0 radical (unpaired) electrons. The molecular weight excluding hydrogens is 282 g/mol. The van der Waals surface area contributed by atoms with Crippen molar-refractivity contribution in [3.63, 3.8) is 0 Å². The normalized spacial score (nSPS) is 17.6. The zero-order valence-corrected chi connectivity index (χ0v) is 14.2. The van der Waals surface area contributed by atoms with Gasteiger partial charge < -0.3 is 9.80 Å². The van der Waals surface area contributed by atoms with Gasteiger partial charge in [-0.1, -0.05) is 26.7 Å². The number of amides is 2. The van der Waals surface area contributed by atoms with E-state index in [1.165, 1.54) is 0 Å². The Labute approximate surface area is 133 Å². The fourth-order valence-corrected chi connectivity index (χ4v) is 3.14. The van der Waals surface area contributed by atoms with E-state index in [-0.39, 0.29) is 5.91 Å². The molecule has 2 amide bonds. The molecule has 6 heteroatoms. The summed E-state index contributed by atoms with van der Waals surface area (Å²) in [6.07, 6.45) is 5.25.